The van der Waals surface area contributed by atoms with Crippen LogP contribution in [-0.4, -0.2) is 36.5 Å². The Kier molecular flexibility index (Phi) is 4.21. The maximum Gasteiger partial charge on any atom is 0.287 e. The van der Waals surface area contributed by atoms with Crippen LogP contribution in [-0.2, 0) is 0 Å². The fraction of sp³-hybridized carbons (Fsp3) is 0.643. The van der Waals surface area contributed by atoms with E-state index in [1.54, 1.807) is 0 Å². The summed E-state index contributed by atoms with van der Waals surface area (Å²) in [5.74, 6) is 1.86. The normalized spacial score (nSPS) is 28.8. The van der Waals surface area contributed by atoms with Gasteiger partial charge in [-0.2, -0.15) is 0 Å². The molecular weight excluding hydrogens is 264 g/mol. The van der Waals surface area contributed by atoms with Gasteiger partial charge in [-0.05, 0) is 57.3 Å². The molecule has 1 aromatic heterocycles. The van der Waals surface area contributed by atoms with Gasteiger partial charge in [0.1, 0.15) is 5.76 Å². The second-order valence-corrected chi connectivity index (χ2v) is 5.57. The van der Waals surface area contributed by atoms with Crippen LogP contribution in [0.5, 0.6) is 0 Å². The number of hydrogen-bond donors (Lipinski definition) is 1. The molecule has 5 heteroatoms. The van der Waals surface area contributed by atoms with Crippen molar-refractivity contribution in [2.24, 2.45) is 5.92 Å². The lowest BCUT2D eigenvalue weighted by Crippen LogP contribution is -2.57. The summed E-state index contributed by atoms with van der Waals surface area (Å²) in [6, 6.07) is 2.12. The lowest BCUT2D eigenvalue weighted by atomic mass is 9.84. The number of halogens is 1. The van der Waals surface area contributed by atoms with Crippen LogP contribution in [0.4, 0.5) is 0 Å². The van der Waals surface area contributed by atoms with E-state index in [2.05, 4.69) is 10.2 Å². The minimum atomic E-state index is -0.0649. The molecule has 3 aliphatic rings. The largest absolute Gasteiger partial charge is 0.456 e. The van der Waals surface area contributed by atoms with Gasteiger partial charge in [0.15, 0.2) is 5.76 Å². The predicted octanol–water partition coefficient (Wildman–Crippen LogP) is 2.14. The first-order chi connectivity index (χ1) is 8.63. The van der Waals surface area contributed by atoms with Crippen LogP contribution < -0.4 is 5.32 Å². The minimum Gasteiger partial charge on any atom is -0.456 e. The highest BCUT2D eigenvalue weighted by Gasteiger charge is 2.35. The van der Waals surface area contributed by atoms with Gasteiger partial charge in [0, 0.05) is 12.6 Å². The van der Waals surface area contributed by atoms with Crippen LogP contribution >= 0.6 is 12.4 Å². The number of piperidine rings is 3. The Balaban J connectivity index is 0.00000133. The van der Waals surface area contributed by atoms with Crippen LogP contribution in [0.25, 0.3) is 0 Å². The molecule has 4 heterocycles. The smallest absolute Gasteiger partial charge is 0.287 e. The molecule has 0 unspecified atom stereocenters. The van der Waals surface area contributed by atoms with E-state index < -0.39 is 0 Å². The number of amides is 1. The molecule has 0 aromatic carbocycles. The number of carbonyl (C=O) groups excluding carboxylic acids is 1. The summed E-state index contributed by atoms with van der Waals surface area (Å²) < 4.78 is 5.47. The predicted molar refractivity (Wildman–Crippen MR) is 75.8 cm³/mol. The van der Waals surface area contributed by atoms with Crippen molar-refractivity contribution in [1.82, 2.24) is 10.2 Å². The summed E-state index contributed by atoms with van der Waals surface area (Å²) in [6.07, 6.45) is 2.42. The van der Waals surface area contributed by atoms with Gasteiger partial charge in [-0.15, -0.1) is 12.4 Å². The van der Waals surface area contributed by atoms with Crippen molar-refractivity contribution in [3.8, 4) is 0 Å². The summed E-state index contributed by atoms with van der Waals surface area (Å²) in [5, 5.41) is 3.13. The Hall–Kier alpha value is -1.00. The zero-order chi connectivity index (χ0) is 12.7. The Bertz CT molecular complexity index is 445. The molecule has 0 radical (unpaired) electrons. The van der Waals surface area contributed by atoms with Crippen molar-refractivity contribution >= 4 is 18.3 Å². The Morgan fingerprint density at radius 3 is 2.53 bits per heavy atom. The first-order valence-corrected chi connectivity index (χ1v) is 6.74. The molecular formula is C14H21ClN2O2. The molecule has 3 saturated heterocycles. The molecule has 0 saturated carbocycles. The van der Waals surface area contributed by atoms with Crippen molar-refractivity contribution in [3.05, 3.63) is 23.2 Å². The number of fused-ring (bicyclic) bond motifs is 3. The van der Waals surface area contributed by atoms with Crippen LogP contribution in [0.2, 0.25) is 0 Å². The molecule has 1 N–H and O–H groups in total. The Labute approximate surface area is 119 Å². The van der Waals surface area contributed by atoms with Crippen molar-refractivity contribution in [2.45, 2.75) is 32.7 Å². The molecule has 0 spiro atoms. The van der Waals surface area contributed by atoms with Gasteiger partial charge in [-0.1, -0.05) is 0 Å². The zero-order valence-electron chi connectivity index (χ0n) is 11.4. The number of nitrogens with one attached hydrogen (secondary N) is 1. The number of aryl methyl sites for hydroxylation is 2. The molecule has 3 fully saturated rings. The van der Waals surface area contributed by atoms with E-state index in [4.69, 9.17) is 4.42 Å². The molecule has 0 aliphatic carbocycles. The first kappa shape index (κ1) is 14.4. The lowest BCUT2D eigenvalue weighted by Gasteiger charge is -2.44. The van der Waals surface area contributed by atoms with Crippen molar-refractivity contribution < 1.29 is 9.21 Å². The van der Waals surface area contributed by atoms with Gasteiger partial charge in [-0.25, -0.2) is 0 Å². The van der Waals surface area contributed by atoms with E-state index in [1.165, 1.54) is 25.9 Å². The van der Waals surface area contributed by atoms with Gasteiger partial charge >= 0.3 is 0 Å². The SMILES string of the molecule is Cc1cc(C(=O)N[C@H]2CN3CCC2CC3)oc1C.Cl. The zero-order valence-corrected chi connectivity index (χ0v) is 12.3. The van der Waals surface area contributed by atoms with Gasteiger partial charge < -0.3 is 14.6 Å². The third kappa shape index (κ3) is 2.79. The van der Waals surface area contributed by atoms with E-state index in [1.807, 2.05) is 19.9 Å². The molecule has 1 aromatic rings. The minimum absolute atomic E-state index is 0. The number of furan rings is 1. The second kappa shape index (κ2) is 5.55. The monoisotopic (exact) mass is 284 g/mol. The molecule has 4 nitrogen and oxygen atoms in total. The van der Waals surface area contributed by atoms with Crippen molar-refractivity contribution in [1.29, 1.82) is 0 Å². The molecule has 4 rings (SSSR count). The second-order valence-electron chi connectivity index (χ2n) is 5.57. The quantitative estimate of drug-likeness (QED) is 0.905. The van der Waals surface area contributed by atoms with Crippen LogP contribution in [0.1, 0.15) is 34.7 Å². The van der Waals surface area contributed by atoms with Crippen LogP contribution in [0.15, 0.2) is 10.5 Å². The lowest BCUT2D eigenvalue weighted by molar-refractivity contribution is 0.0605. The molecule has 3 aliphatic heterocycles. The number of hydrogen-bond acceptors (Lipinski definition) is 3. The highest BCUT2D eigenvalue weighted by molar-refractivity contribution is 5.92. The fourth-order valence-corrected chi connectivity index (χ4v) is 3.05. The standard InChI is InChI=1S/C14H20N2O2.ClH/c1-9-7-13(18-10(9)2)14(17)15-12-8-16-5-3-11(12)4-6-16;/h7,11-12H,3-6,8H2,1-2H3,(H,15,17);1H/t12-;/m0./s1. The maximum atomic E-state index is 12.1. The summed E-state index contributed by atoms with van der Waals surface area (Å²) in [4.78, 5) is 14.6. The van der Waals surface area contributed by atoms with Crippen LogP contribution in [0.3, 0.4) is 0 Å². The van der Waals surface area contributed by atoms with Gasteiger partial charge in [0.05, 0.1) is 0 Å². The third-order valence-corrected chi connectivity index (χ3v) is 4.36. The fourth-order valence-electron chi connectivity index (χ4n) is 3.05. The number of rotatable bonds is 2. The molecule has 1 amide bonds. The van der Waals surface area contributed by atoms with Crippen molar-refractivity contribution in [2.75, 3.05) is 19.6 Å². The van der Waals surface area contributed by atoms with Crippen LogP contribution in [0, 0.1) is 19.8 Å². The molecule has 2 bridgehead atoms. The average molecular weight is 285 g/mol. The maximum absolute atomic E-state index is 12.1. The topological polar surface area (TPSA) is 45.5 Å². The average Bonchev–Trinajstić information content (AvgIpc) is 2.71. The van der Waals surface area contributed by atoms with E-state index in [0.717, 1.165) is 17.9 Å². The van der Waals surface area contributed by atoms with Gasteiger partial charge in [0.25, 0.3) is 5.91 Å². The van der Waals surface area contributed by atoms with Gasteiger partial charge in [-0.3, -0.25) is 4.79 Å². The number of carbonyl (C=O) groups is 1. The van der Waals surface area contributed by atoms with E-state index >= 15 is 0 Å². The highest BCUT2D eigenvalue weighted by Crippen LogP contribution is 2.27. The van der Waals surface area contributed by atoms with E-state index in [-0.39, 0.29) is 18.3 Å². The highest BCUT2D eigenvalue weighted by atomic mass is 35.5. The van der Waals surface area contributed by atoms with Gasteiger partial charge in [0.2, 0.25) is 0 Å². The Morgan fingerprint density at radius 2 is 2.05 bits per heavy atom. The summed E-state index contributed by atoms with van der Waals surface area (Å²) in [5.41, 5.74) is 1.04. The van der Waals surface area contributed by atoms with E-state index in [0.29, 0.717) is 17.7 Å². The summed E-state index contributed by atoms with van der Waals surface area (Å²) >= 11 is 0. The summed E-state index contributed by atoms with van der Waals surface area (Å²) in [6.45, 7) is 7.23. The third-order valence-electron chi connectivity index (χ3n) is 4.36. The molecule has 1 atom stereocenters. The molecule has 106 valence electrons. The molecule has 19 heavy (non-hydrogen) atoms. The number of nitrogens with zero attached hydrogens (tertiary/aromatic N) is 1. The van der Waals surface area contributed by atoms with E-state index in [9.17, 15) is 4.79 Å². The summed E-state index contributed by atoms with van der Waals surface area (Å²) in [7, 11) is 0. The Morgan fingerprint density at radius 1 is 1.37 bits per heavy atom. The van der Waals surface area contributed by atoms with Crippen molar-refractivity contribution in [3.63, 3.8) is 0 Å². The first-order valence-electron chi connectivity index (χ1n) is 6.74.